The van der Waals surface area contributed by atoms with Gasteiger partial charge >= 0.3 is 5.97 Å². The summed E-state index contributed by atoms with van der Waals surface area (Å²) in [5, 5.41) is 27.0. The van der Waals surface area contributed by atoms with Crippen LogP contribution in [0.4, 0.5) is 5.69 Å². The molecular formula is C16H22ClN3O4. The van der Waals surface area contributed by atoms with E-state index in [0.717, 1.165) is 17.5 Å². The first-order valence-electron chi connectivity index (χ1n) is 8.00. The monoisotopic (exact) mass is 355 g/mol. The number of hydrogen-bond acceptors (Lipinski definition) is 5. The van der Waals surface area contributed by atoms with Crippen LogP contribution in [-0.2, 0) is 11.3 Å². The largest absolute Gasteiger partial charge is 0.480 e. The van der Waals surface area contributed by atoms with E-state index in [1.54, 1.807) is 0 Å². The third-order valence-electron chi connectivity index (χ3n) is 6.21. The second-order valence-corrected chi connectivity index (χ2v) is 8.09. The molecule has 132 valence electrons. The summed E-state index contributed by atoms with van der Waals surface area (Å²) in [7, 11) is 0. The Morgan fingerprint density at radius 2 is 2.17 bits per heavy atom. The number of aromatic nitrogens is 2. The Balaban J connectivity index is 1.93. The zero-order valence-electron chi connectivity index (χ0n) is 14.0. The Kier molecular flexibility index (Phi) is 3.73. The van der Waals surface area contributed by atoms with Crippen molar-refractivity contribution < 1.29 is 15.0 Å². The molecule has 3 aliphatic rings. The van der Waals surface area contributed by atoms with E-state index in [1.165, 1.54) is 6.20 Å². The van der Waals surface area contributed by atoms with Crippen molar-refractivity contribution in [3.05, 3.63) is 21.6 Å². The lowest BCUT2D eigenvalue weighted by atomic mass is 9.40. The molecule has 1 aromatic heterocycles. The van der Waals surface area contributed by atoms with Crippen LogP contribution in [0.25, 0.3) is 0 Å². The maximum Gasteiger partial charge on any atom is 0.325 e. The van der Waals surface area contributed by atoms with Gasteiger partial charge in [-0.05, 0) is 37.5 Å². The Labute approximate surface area is 144 Å². The minimum Gasteiger partial charge on any atom is -0.480 e. The fourth-order valence-electron chi connectivity index (χ4n) is 4.41. The number of anilines is 1. The molecule has 3 N–H and O–H groups in total. The summed E-state index contributed by atoms with van der Waals surface area (Å²) in [4.78, 5) is 22.9. The van der Waals surface area contributed by atoms with Gasteiger partial charge in [0.2, 0.25) is 0 Å². The average molecular weight is 356 g/mol. The van der Waals surface area contributed by atoms with Crippen LogP contribution in [0.2, 0.25) is 5.02 Å². The summed E-state index contributed by atoms with van der Waals surface area (Å²) in [5.74, 6) is -0.674. The van der Waals surface area contributed by atoms with E-state index in [9.17, 15) is 14.7 Å². The molecule has 0 aromatic carbocycles. The molecule has 8 heteroatoms. The molecule has 3 aliphatic carbocycles. The summed E-state index contributed by atoms with van der Waals surface area (Å²) < 4.78 is 0.803. The molecule has 3 unspecified atom stereocenters. The van der Waals surface area contributed by atoms with E-state index >= 15 is 0 Å². The molecule has 3 fully saturated rings. The van der Waals surface area contributed by atoms with Gasteiger partial charge in [0.05, 0.1) is 23.0 Å². The van der Waals surface area contributed by atoms with E-state index in [0.29, 0.717) is 18.0 Å². The molecule has 24 heavy (non-hydrogen) atoms. The molecule has 1 aromatic rings. The van der Waals surface area contributed by atoms with Gasteiger partial charge in [0.25, 0.3) is 5.56 Å². The highest BCUT2D eigenvalue weighted by Crippen LogP contribution is 2.65. The Bertz CT molecular complexity index is 762. The van der Waals surface area contributed by atoms with Crippen molar-refractivity contribution in [1.29, 1.82) is 0 Å². The number of nitrogens with zero attached hydrogens (tertiary/aromatic N) is 2. The molecule has 4 rings (SSSR count). The van der Waals surface area contributed by atoms with Gasteiger partial charge < -0.3 is 15.5 Å². The number of rotatable bonds is 4. The second-order valence-electron chi connectivity index (χ2n) is 7.71. The Morgan fingerprint density at radius 1 is 1.50 bits per heavy atom. The topological polar surface area (TPSA) is 104 Å². The number of aliphatic hydroxyl groups is 1. The van der Waals surface area contributed by atoms with E-state index in [-0.39, 0.29) is 10.4 Å². The predicted molar refractivity (Wildman–Crippen MR) is 89.2 cm³/mol. The third kappa shape index (κ3) is 2.18. The molecule has 0 aliphatic heterocycles. The molecule has 0 spiro atoms. The van der Waals surface area contributed by atoms with E-state index < -0.39 is 29.2 Å². The molecule has 2 bridgehead atoms. The lowest BCUT2D eigenvalue weighted by molar-refractivity contribution is -0.254. The van der Waals surface area contributed by atoms with Crippen LogP contribution in [0.15, 0.2) is 11.0 Å². The van der Waals surface area contributed by atoms with Crippen LogP contribution < -0.4 is 10.9 Å². The minimum atomic E-state index is -1.17. The highest BCUT2D eigenvalue weighted by atomic mass is 35.5. The fourth-order valence-corrected chi connectivity index (χ4v) is 4.60. The molecule has 0 radical (unpaired) electrons. The number of halogens is 1. The Hall–Kier alpha value is -1.60. The van der Waals surface area contributed by atoms with Crippen molar-refractivity contribution in [3.63, 3.8) is 0 Å². The zero-order valence-corrected chi connectivity index (χ0v) is 14.7. The highest BCUT2D eigenvalue weighted by molar-refractivity contribution is 6.33. The van der Waals surface area contributed by atoms with E-state index in [4.69, 9.17) is 16.7 Å². The normalized spacial score (nSPS) is 33.6. The maximum absolute atomic E-state index is 12.2. The summed E-state index contributed by atoms with van der Waals surface area (Å²) in [5.41, 5.74) is -2.10. The van der Waals surface area contributed by atoms with Gasteiger partial charge in [0.15, 0.2) is 0 Å². The number of nitrogens with one attached hydrogen (secondary N) is 1. The zero-order chi connectivity index (χ0) is 17.9. The number of hydrogen-bond donors (Lipinski definition) is 3. The van der Waals surface area contributed by atoms with E-state index in [1.807, 2.05) is 6.92 Å². The maximum atomic E-state index is 12.2. The number of fused-ring (bicyclic) bond motifs is 2. The van der Waals surface area contributed by atoms with Crippen LogP contribution in [0, 0.1) is 11.3 Å². The number of carboxylic acids is 1. The van der Waals surface area contributed by atoms with Gasteiger partial charge in [-0.25, -0.2) is 4.68 Å². The minimum absolute atomic E-state index is 0.115. The first kappa shape index (κ1) is 17.2. The fraction of sp³-hybridized carbons (Fsp3) is 0.688. The quantitative estimate of drug-likeness (QED) is 0.759. The molecule has 1 heterocycles. The lowest BCUT2D eigenvalue weighted by Crippen LogP contribution is -2.76. The van der Waals surface area contributed by atoms with Crippen LogP contribution >= 0.6 is 11.6 Å². The Morgan fingerprint density at radius 3 is 2.75 bits per heavy atom. The number of aliphatic carboxylic acids is 1. The first-order chi connectivity index (χ1) is 11.0. The molecule has 0 amide bonds. The van der Waals surface area contributed by atoms with Crippen molar-refractivity contribution in [2.45, 2.75) is 57.7 Å². The van der Waals surface area contributed by atoms with Crippen molar-refractivity contribution in [2.75, 3.05) is 5.32 Å². The average Bonchev–Trinajstić information content (AvgIpc) is 2.49. The van der Waals surface area contributed by atoms with Gasteiger partial charge in [-0.2, -0.15) is 5.10 Å². The summed E-state index contributed by atoms with van der Waals surface area (Å²) in [6, 6.07) is 0. The summed E-state index contributed by atoms with van der Waals surface area (Å²) in [6.07, 6.45) is 3.80. The second kappa shape index (κ2) is 5.20. The van der Waals surface area contributed by atoms with Crippen LogP contribution in [-0.4, -0.2) is 37.1 Å². The van der Waals surface area contributed by atoms with Crippen molar-refractivity contribution in [1.82, 2.24) is 9.78 Å². The molecule has 3 saturated carbocycles. The molecule has 0 saturated heterocycles. The molecule has 7 nitrogen and oxygen atoms in total. The third-order valence-corrected chi connectivity index (χ3v) is 6.58. The molecular weight excluding hydrogens is 334 g/mol. The first-order valence-corrected chi connectivity index (χ1v) is 8.37. The van der Waals surface area contributed by atoms with Gasteiger partial charge in [0.1, 0.15) is 11.6 Å². The number of carboxylic acid groups (broad SMARTS) is 1. The van der Waals surface area contributed by atoms with Crippen molar-refractivity contribution in [2.24, 2.45) is 11.3 Å². The van der Waals surface area contributed by atoms with Gasteiger partial charge in [-0.15, -0.1) is 0 Å². The van der Waals surface area contributed by atoms with Crippen LogP contribution in [0.1, 0.15) is 40.0 Å². The smallest absolute Gasteiger partial charge is 0.325 e. The van der Waals surface area contributed by atoms with Crippen LogP contribution in [0.3, 0.4) is 0 Å². The SMILES string of the molecule is CC1(Nc2cnn(CC(=O)O)c(=O)c2Cl)CCC2CC1(O)C2(C)C. The van der Waals surface area contributed by atoms with Crippen molar-refractivity contribution in [3.8, 4) is 0 Å². The lowest BCUT2D eigenvalue weighted by Gasteiger charge is -2.70. The van der Waals surface area contributed by atoms with Gasteiger partial charge in [-0.3, -0.25) is 9.59 Å². The number of carbonyl (C=O) groups is 1. The van der Waals surface area contributed by atoms with Gasteiger partial charge in [0, 0.05) is 0 Å². The standard InChI is InChI=1S/C16H22ClN3O4/c1-14(2)9-4-5-15(3,16(14,24)6-9)19-10-7-18-20(8-11(21)22)13(23)12(10)17/h7,9,19,24H,4-6,8H2,1-3H3,(H,21,22). The molecule has 3 atom stereocenters. The van der Waals surface area contributed by atoms with Gasteiger partial charge in [-0.1, -0.05) is 25.4 Å². The van der Waals surface area contributed by atoms with Crippen molar-refractivity contribution >= 4 is 23.3 Å². The summed E-state index contributed by atoms with van der Waals surface area (Å²) in [6.45, 7) is 5.51. The van der Waals surface area contributed by atoms with E-state index in [2.05, 4.69) is 24.3 Å². The predicted octanol–water partition coefficient (Wildman–Crippen LogP) is 1.72. The summed E-state index contributed by atoms with van der Waals surface area (Å²) >= 11 is 6.13. The highest BCUT2D eigenvalue weighted by Gasteiger charge is 2.70. The van der Waals surface area contributed by atoms with Crippen LogP contribution in [0.5, 0.6) is 0 Å².